The summed E-state index contributed by atoms with van der Waals surface area (Å²) in [6, 6.07) is 11.7. The van der Waals surface area contributed by atoms with E-state index in [9.17, 15) is 4.79 Å². The molecule has 0 atom stereocenters. The summed E-state index contributed by atoms with van der Waals surface area (Å²) in [5, 5.41) is 2.97. The number of likely N-dealkylation sites (N-methyl/N-ethyl adjacent to an activating group) is 2. The van der Waals surface area contributed by atoms with Crippen LogP contribution in [-0.4, -0.2) is 69.2 Å². The first kappa shape index (κ1) is 18.7. The van der Waals surface area contributed by atoms with Crippen molar-refractivity contribution in [3.63, 3.8) is 0 Å². The molecule has 2 aromatic carbocycles. The molecule has 8 nitrogen and oxygen atoms in total. The molecule has 1 amide bonds. The molecule has 5 rings (SSSR count). The third-order valence-electron chi connectivity index (χ3n) is 5.72. The minimum Gasteiger partial charge on any atom is -0.490 e. The Morgan fingerprint density at radius 1 is 1.03 bits per heavy atom. The summed E-state index contributed by atoms with van der Waals surface area (Å²) in [7, 11) is 4.12. The molecular weight excluding hydrogens is 382 g/mol. The van der Waals surface area contributed by atoms with Gasteiger partial charge in [-0.05, 0) is 43.4 Å². The lowest BCUT2D eigenvalue weighted by Gasteiger charge is -2.31. The standard InChI is InChI=1S/C22H25N5O3/c1-25-7-9-27(10-8-25)22-24-17-14-16(4-6-19(17)30-22)23-21(28)15-3-5-20-18(13-15)26(2)11-12-29-20/h3-6,13-14H,7-12H2,1-2H3,(H,23,28). The van der Waals surface area contributed by atoms with Crippen molar-refractivity contribution in [2.45, 2.75) is 0 Å². The summed E-state index contributed by atoms with van der Waals surface area (Å²) in [6.45, 7) is 5.22. The molecule has 3 heterocycles. The Morgan fingerprint density at radius 3 is 2.70 bits per heavy atom. The van der Waals surface area contributed by atoms with E-state index in [0.717, 1.165) is 55.3 Å². The summed E-state index contributed by atoms with van der Waals surface area (Å²) in [6.07, 6.45) is 0. The summed E-state index contributed by atoms with van der Waals surface area (Å²) in [4.78, 5) is 24.0. The smallest absolute Gasteiger partial charge is 0.298 e. The average Bonchev–Trinajstić information content (AvgIpc) is 3.17. The number of rotatable bonds is 3. The molecule has 1 aromatic heterocycles. The van der Waals surface area contributed by atoms with Crippen molar-refractivity contribution in [1.29, 1.82) is 0 Å². The van der Waals surface area contributed by atoms with Gasteiger partial charge < -0.3 is 29.2 Å². The fourth-order valence-corrected chi connectivity index (χ4v) is 3.82. The number of hydrogen-bond donors (Lipinski definition) is 1. The molecule has 1 saturated heterocycles. The Kier molecular flexibility index (Phi) is 4.71. The molecule has 0 aliphatic carbocycles. The summed E-state index contributed by atoms with van der Waals surface area (Å²) in [5.74, 6) is 0.639. The van der Waals surface area contributed by atoms with Crippen molar-refractivity contribution in [1.82, 2.24) is 9.88 Å². The number of carbonyl (C=O) groups excluding carboxylic acids is 1. The summed E-state index contributed by atoms with van der Waals surface area (Å²) < 4.78 is 11.6. The number of hydrogen-bond acceptors (Lipinski definition) is 7. The van der Waals surface area contributed by atoms with E-state index in [1.807, 2.05) is 37.4 Å². The summed E-state index contributed by atoms with van der Waals surface area (Å²) in [5.41, 5.74) is 3.66. The molecule has 0 bridgehead atoms. The van der Waals surface area contributed by atoms with Crippen molar-refractivity contribution in [3.8, 4) is 5.75 Å². The van der Waals surface area contributed by atoms with Crippen molar-refractivity contribution in [2.24, 2.45) is 0 Å². The lowest BCUT2D eigenvalue weighted by molar-refractivity contribution is 0.102. The Labute approximate surface area is 175 Å². The Bertz CT molecular complexity index is 1090. The van der Waals surface area contributed by atoms with Crippen LogP contribution >= 0.6 is 0 Å². The van der Waals surface area contributed by atoms with Gasteiger partial charge in [0.15, 0.2) is 5.58 Å². The highest BCUT2D eigenvalue weighted by Gasteiger charge is 2.20. The molecule has 1 fully saturated rings. The molecular formula is C22H25N5O3. The molecule has 8 heteroatoms. The van der Waals surface area contributed by atoms with Crippen molar-refractivity contribution in [2.75, 3.05) is 68.5 Å². The first-order valence-electron chi connectivity index (χ1n) is 10.2. The number of fused-ring (bicyclic) bond motifs is 2. The molecule has 1 N–H and O–H groups in total. The molecule has 156 valence electrons. The van der Waals surface area contributed by atoms with Crippen molar-refractivity contribution in [3.05, 3.63) is 42.0 Å². The fourth-order valence-electron chi connectivity index (χ4n) is 3.82. The number of ether oxygens (including phenoxy) is 1. The number of oxazole rings is 1. The lowest BCUT2D eigenvalue weighted by atomic mass is 10.1. The average molecular weight is 407 g/mol. The first-order chi connectivity index (χ1) is 14.6. The third kappa shape index (κ3) is 3.54. The number of benzene rings is 2. The Balaban J connectivity index is 1.34. The van der Waals surface area contributed by atoms with E-state index in [1.165, 1.54) is 0 Å². The topological polar surface area (TPSA) is 74.1 Å². The van der Waals surface area contributed by atoms with Gasteiger partial charge in [-0.15, -0.1) is 0 Å². The second-order valence-corrected chi connectivity index (χ2v) is 7.88. The number of amides is 1. The second-order valence-electron chi connectivity index (χ2n) is 7.88. The van der Waals surface area contributed by atoms with Gasteiger partial charge in [-0.3, -0.25) is 4.79 Å². The summed E-state index contributed by atoms with van der Waals surface area (Å²) >= 11 is 0. The van der Waals surface area contributed by atoms with Crippen LogP contribution in [0, 0.1) is 0 Å². The van der Waals surface area contributed by atoms with E-state index in [0.29, 0.717) is 23.9 Å². The molecule has 2 aliphatic rings. The van der Waals surface area contributed by atoms with E-state index >= 15 is 0 Å². The minimum absolute atomic E-state index is 0.168. The normalized spacial score (nSPS) is 17.0. The van der Waals surface area contributed by atoms with E-state index in [4.69, 9.17) is 9.15 Å². The molecule has 30 heavy (non-hydrogen) atoms. The largest absolute Gasteiger partial charge is 0.490 e. The van der Waals surface area contributed by atoms with Crippen molar-refractivity contribution >= 4 is 34.4 Å². The van der Waals surface area contributed by atoms with Crippen LogP contribution in [0.2, 0.25) is 0 Å². The van der Waals surface area contributed by atoms with Gasteiger partial charge in [0, 0.05) is 44.5 Å². The Hall–Kier alpha value is -3.26. The number of anilines is 3. The molecule has 0 radical (unpaired) electrons. The van der Waals surface area contributed by atoms with E-state index in [1.54, 1.807) is 6.07 Å². The molecule has 3 aromatic rings. The predicted octanol–water partition coefficient (Wildman–Crippen LogP) is 2.66. The lowest BCUT2D eigenvalue weighted by Crippen LogP contribution is -2.44. The van der Waals surface area contributed by atoms with Gasteiger partial charge in [0.1, 0.15) is 17.9 Å². The molecule has 2 aliphatic heterocycles. The highest BCUT2D eigenvalue weighted by molar-refractivity contribution is 6.05. The maximum absolute atomic E-state index is 12.8. The number of nitrogens with one attached hydrogen (secondary N) is 1. The van der Waals surface area contributed by atoms with Crippen LogP contribution < -0.4 is 19.9 Å². The third-order valence-corrected chi connectivity index (χ3v) is 5.72. The van der Waals surface area contributed by atoms with Gasteiger partial charge in [-0.2, -0.15) is 4.98 Å². The van der Waals surface area contributed by atoms with Crippen LogP contribution in [0.5, 0.6) is 5.75 Å². The number of aromatic nitrogens is 1. The van der Waals surface area contributed by atoms with Crippen LogP contribution in [0.15, 0.2) is 40.8 Å². The van der Waals surface area contributed by atoms with Crippen LogP contribution in [0.3, 0.4) is 0 Å². The van der Waals surface area contributed by atoms with Gasteiger partial charge in [0.05, 0.1) is 12.2 Å². The zero-order valence-corrected chi connectivity index (χ0v) is 17.2. The first-order valence-corrected chi connectivity index (χ1v) is 10.2. The quantitative estimate of drug-likeness (QED) is 0.715. The van der Waals surface area contributed by atoms with Crippen molar-refractivity contribution < 1.29 is 13.9 Å². The van der Waals surface area contributed by atoms with Gasteiger partial charge in [0.2, 0.25) is 0 Å². The second kappa shape index (κ2) is 7.53. The van der Waals surface area contributed by atoms with Crippen LogP contribution in [0.1, 0.15) is 10.4 Å². The zero-order chi connectivity index (χ0) is 20.7. The van der Waals surface area contributed by atoms with E-state index in [2.05, 4.69) is 32.0 Å². The van der Waals surface area contributed by atoms with Crippen LogP contribution in [-0.2, 0) is 0 Å². The highest BCUT2D eigenvalue weighted by Crippen LogP contribution is 2.32. The minimum atomic E-state index is -0.168. The molecule has 0 unspecified atom stereocenters. The SMILES string of the molecule is CN1CCN(c2nc3cc(NC(=O)c4ccc5c(c4)N(C)CCO5)ccc3o2)CC1. The molecule has 0 spiro atoms. The van der Waals surface area contributed by atoms with Gasteiger partial charge in [0.25, 0.3) is 11.9 Å². The van der Waals surface area contributed by atoms with Crippen LogP contribution in [0.25, 0.3) is 11.1 Å². The Morgan fingerprint density at radius 2 is 1.87 bits per heavy atom. The van der Waals surface area contributed by atoms with Crippen LogP contribution in [0.4, 0.5) is 17.4 Å². The monoisotopic (exact) mass is 407 g/mol. The maximum Gasteiger partial charge on any atom is 0.298 e. The fraction of sp³-hybridized carbons (Fsp3) is 0.364. The zero-order valence-electron chi connectivity index (χ0n) is 17.2. The highest BCUT2D eigenvalue weighted by atomic mass is 16.5. The number of carbonyl (C=O) groups is 1. The maximum atomic E-state index is 12.8. The van der Waals surface area contributed by atoms with Gasteiger partial charge in [-0.25, -0.2) is 0 Å². The molecule has 0 saturated carbocycles. The van der Waals surface area contributed by atoms with Gasteiger partial charge in [-0.1, -0.05) is 0 Å². The van der Waals surface area contributed by atoms with E-state index in [-0.39, 0.29) is 5.91 Å². The number of nitrogens with zero attached hydrogens (tertiary/aromatic N) is 4. The predicted molar refractivity (Wildman–Crippen MR) is 117 cm³/mol. The van der Waals surface area contributed by atoms with E-state index < -0.39 is 0 Å². The van der Waals surface area contributed by atoms with Gasteiger partial charge >= 0.3 is 0 Å². The number of piperazine rings is 1.